The Bertz CT molecular complexity index is 744. The molecule has 1 aliphatic heterocycles. The SMILES string of the molecule is CCCNC(=O)CN(C)C(=O)CN(CCN1CCN(c2cccc(C)c2)CC1)CC1CC1. The number of hydrogen-bond donors (Lipinski definition) is 1. The highest BCUT2D eigenvalue weighted by molar-refractivity contribution is 5.85. The van der Waals surface area contributed by atoms with Crippen molar-refractivity contribution in [1.82, 2.24) is 20.0 Å². The summed E-state index contributed by atoms with van der Waals surface area (Å²) in [5, 5.41) is 2.84. The molecule has 0 spiro atoms. The second-order valence-corrected chi connectivity index (χ2v) is 9.45. The van der Waals surface area contributed by atoms with Gasteiger partial charge in [-0.25, -0.2) is 0 Å². The van der Waals surface area contributed by atoms with Gasteiger partial charge in [-0.3, -0.25) is 19.4 Å². The molecule has 178 valence electrons. The number of nitrogens with one attached hydrogen (secondary N) is 1. The molecule has 0 radical (unpaired) electrons. The van der Waals surface area contributed by atoms with E-state index in [1.807, 2.05) is 6.92 Å². The van der Waals surface area contributed by atoms with Gasteiger partial charge in [-0.1, -0.05) is 19.1 Å². The minimum atomic E-state index is -0.0806. The summed E-state index contributed by atoms with van der Waals surface area (Å²) in [6.45, 7) is 12.4. The van der Waals surface area contributed by atoms with E-state index in [2.05, 4.69) is 51.2 Å². The van der Waals surface area contributed by atoms with Gasteiger partial charge in [0.2, 0.25) is 11.8 Å². The van der Waals surface area contributed by atoms with Crippen molar-refractivity contribution in [2.75, 3.05) is 77.4 Å². The summed E-state index contributed by atoms with van der Waals surface area (Å²) in [5.74, 6) is 0.684. The highest BCUT2D eigenvalue weighted by Gasteiger charge is 2.27. The highest BCUT2D eigenvalue weighted by Crippen LogP contribution is 2.29. The van der Waals surface area contributed by atoms with Crippen LogP contribution in [0.5, 0.6) is 0 Å². The maximum Gasteiger partial charge on any atom is 0.239 e. The van der Waals surface area contributed by atoms with Gasteiger partial charge in [0.1, 0.15) is 0 Å². The van der Waals surface area contributed by atoms with Crippen LogP contribution in [0.3, 0.4) is 0 Å². The van der Waals surface area contributed by atoms with Gasteiger partial charge < -0.3 is 15.1 Å². The summed E-state index contributed by atoms with van der Waals surface area (Å²) in [6, 6.07) is 8.74. The van der Waals surface area contributed by atoms with E-state index in [0.29, 0.717) is 13.1 Å². The number of anilines is 1. The smallest absolute Gasteiger partial charge is 0.239 e. The van der Waals surface area contributed by atoms with Crippen LogP contribution in [0.2, 0.25) is 0 Å². The highest BCUT2D eigenvalue weighted by atomic mass is 16.2. The predicted molar refractivity (Wildman–Crippen MR) is 130 cm³/mol. The van der Waals surface area contributed by atoms with Crippen molar-refractivity contribution in [3.05, 3.63) is 29.8 Å². The number of nitrogens with zero attached hydrogens (tertiary/aromatic N) is 4. The number of carbonyl (C=O) groups excluding carboxylic acids is 2. The van der Waals surface area contributed by atoms with Gasteiger partial charge in [-0.15, -0.1) is 0 Å². The third-order valence-corrected chi connectivity index (χ3v) is 6.42. The van der Waals surface area contributed by atoms with Crippen molar-refractivity contribution in [3.63, 3.8) is 0 Å². The van der Waals surface area contributed by atoms with Crippen molar-refractivity contribution in [1.29, 1.82) is 0 Å². The molecule has 0 unspecified atom stereocenters. The second-order valence-electron chi connectivity index (χ2n) is 9.45. The third kappa shape index (κ3) is 8.10. The number of rotatable bonds is 12. The molecule has 1 N–H and O–H groups in total. The van der Waals surface area contributed by atoms with Crippen LogP contribution in [-0.2, 0) is 9.59 Å². The average Bonchev–Trinajstić information content (AvgIpc) is 3.60. The molecule has 1 aromatic rings. The molecule has 0 bridgehead atoms. The Labute approximate surface area is 193 Å². The molecule has 7 nitrogen and oxygen atoms in total. The summed E-state index contributed by atoms with van der Waals surface area (Å²) in [5.41, 5.74) is 2.62. The zero-order valence-electron chi connectivity index (χ0n) is 20.2. The van der Waals surface area contributed by atoms with Crippen molar-refractivity contribution in [2.45, 2.75) is 33.1 Å². The van der Waals surface area contributed by atoms with E-state index in [1.165, 1.54) is 24.1 Å². The van der Waals surface area contributed by atoms with Crippen LogP contribution in [0.1, 0.15) is 31.7 Å². The summed E-state index contributed by atoms with van der Waals surface area (Å²) >= 11 is 0. The fourth-order valence-electron chi connectivity index (χ4n) is 4.17. The molecular formula is C25H41N5O2. The van der Waals surface area contributed by atoms with Gasteiger partial charge in [0, 0.05) is 65.1 Å². The predicted octanol–water partition coefficient (Wildman–Crippen LogP) is 1.81. The van der Waals surface area contributed by atoms with Crippen molar-refractivity contribution < 1.29 is 9.59 Å². The Morgan fingerprint density at radius 1 is 1.12 bits per heavy atom. The summed E-state index contributed by atoms with van der Waals surface area (Å²) in [6.07, 6.45) is 3.45. The first-order valence-corrected chi connectivity index (χ1v) is 12.2. The Kier molecular flexibility index (Phi) is 9.36. The van der Waals surface area contributed by atoms with Gasteiger partial charge in [0.25, 0.3) is 0 Å². The van der Waals surface area contributed by atoms with E-state index in [4.69, 9.17) is 0 Å². The molecule has 7 heteroatoms. The third-order valence-electron chi connectivity index (χ3n) is 6.42. The van der Waals surface area contributed by atoms with Crippen molar-refractivity contribution in [3.8, 4) is 0 Å². The molecule has 1 heterocycles. The molecule has 2 amide bonds. The number of carbonyl (C=O) groups is 2. The van der Waals surface area contributed by atoms with Gasteiger partial charge in [0.15, 0.2) is 0 Å². The fourth-order valence-corrected chi connectivity index (χ4v) is 4.17. The Morgan fingerprint density at radius 3 is 2.53 bits per heavy atom. The molecule has 0 aromatic heterocycles. The first-order chi connectivity index (χ1) is 15.4. The Hall–Kier alpha value is -2.12. The maximum absolute atomic E-state index is 12.7. The molecule has 2 fully saturated rings. The zero-order chi connectivity index (χ0) is 22.9. The fraction of sp³-hybridized carbons (Fsp3) is 0.680. The monoisotopic (exact) mass is 443 g/mol. The minimum Gasteiger partial charge on any atom is -0.369 e. The minimum absolute atomic E-state index is 0.0292. The standard InChI is InChI=1S/C25H41N5O2/c1-4-10-26-24(31)19-27(3)25(32)20-29(18-22-8-9-22)12-11-28-13-15-30(16-14-28)23-7-5-6-21(2)17-23/h5-7,17,22H,4,8-16,18-20H2,1-3H3,(H,26,31). The maximum atomic E-state index is 12.7. The van der Waals surface area contributed by atoms with Crippen LogP contribution in [0.15, 0.2) is 24.3 Å². The van der Waals surface area contributed by atoms with E-state index < -0.39 is 0 Å². The van der Waals surface area contributed by atoms with E-state index >= 15 is 0 Å². The second kappa shape index (κ2) is 12.2. The summed E-state index contributed by atoms with van der Waals surface area (Å²) < 4.78 is 0. The topological polar surface area (TPSA) is 59.1 Å². The molecule has 32 heavy (non-hydrogen) atoms. The lowest BCUT2D eigenvalue weighted by Crippen LogP contribution is -2.50. The van der Waals surface area contributed by atoms with E-state index in [0.717, 1.165) is 58.2 Å². The van der Waals surface area contributed by atoms with Crippen LogP contribution in [0.4, 0.5) is 5.69 Å². The van der Waals surface area contributed by atoms with E-state index in [9.17, 15) is 9.59 Å². The first-order valence-electron chi connectivity index (χ1n) is 12.2. The summed E-state index contributed by atoms with van der Waals surface area (Å²) in [7, 11) is 1.73. The first kappa shape index (κ1) is 24.5. The number of aryl methyl sites for hydroxylation is 1. The lowest BCUT2D eigenvalue weighted by atomic mass is 10.2. The number of benzene rings is 1. The quantitative estimate of drug-likeness (QED) is 0.534. The molecule has 3 rings (SSSR count). The Morgan fingerprint density at radius 2 is 1.88 bits per heavy atom. The van der Waals surface area contributed by atoms with Crippen LogP contribution >= 0.6 is 0 Å². The lowest BCUT2D eigenvalue weighted by Gasteiger charge is -2.37. The molecule has 1 saturated carbocycles. The van der Waals surface area contributed by atoms with Crippen LogP contribution in [-0.4, -0.2) is 99.0 Å². The zero-order valence-corrected chi connectivity index (χ0v) is 20.2. The molecule has 1 aliphatic carbocycles. The molecular weight excluding hydrogens is 402 g/mol. The normalized spacial score (nSPS) is 16.9. The van der Waals surface area contributed by atoms with Crippen molar-refractivity contribution >= 4 is 17.5 Å². The number of hydrogen-bond acceptors (Lipinski definition) is 5. The van der Waals surface area contributed by atoms with Crippen molar-refractivity contribution in [2.24, 2.45) is 5.92 Å². The number of amides is 2. The molecule has 1 aromatic carbocycles. The number of likely N-dealkylation sites (N-methyl/N-ethyl adjacent to an activating group) is 1. The largest absolute Gasteiger partial charge is 0.369 e. The van der Waals surface area contributed by atoms with Gasteiger partial charge in [0.05, 0.1) is 13.1 Å². The molecule has 1 saturated heterocycles. The summed E-state index contributed by atoms with van der Waals surface area (Å²) in [4.78, 5) is 33.5. The van der Waals surface area contributed by atoms with Crippen LogP contribution in [0, 0.1) is 12.8 Å². The van der Waals surface area contributed by atoms with E-state index in [-0.39, 0.29) is 18.4 Å². The van der Waals surface area contributed by atoms with Gasteiger partial charge in [-0.05, 0) is 49.8 Å². The Balaban J connectivity index is 1.42. The van der Waals surface area contributed by atoms with Gasteiger partial charge in [-0.2, -0.15) is 0 Å². The van der Waals surface area contributed by atoms with Crippen LogP contribution < -0.4 is 10.2 Å². The lowest BCUT2D eigenvalue weighted by molar-refractivity contribution is -0.135. The van der Waals surface area contributed by atoms with Gasteiger partial charge >= 0.3 is 0 Å². The number of piperazine rings is 1. The van der Waals surface area contributed by atoms with E-state index in [1.54, 1.807) is 11.9 Å². The average molecular weight is 444 g/mol. The van der Waals surface area contributed by atoms with Crippen LogP contribution in [0.25, 0.3) is 0 Å². The molecule has 2 aliphatic rings. The molecule has 0 atom stereocenters.